The maximum Gasteiger partial charge on any atom is 0.213 e. The van der Waals surface area contributed by atoms with Crippen molar-refractivity contribution in [3.8, 4) is 5.88 Å². The lowest BCUT2D eigenvalue weighted by Crippen LogP contribution is -2.25. The van der Waals surface area contributed by atoms with Crippen molar-refractivity contribution in [3.63, 3.8) is 0 Å². The molecule has 1 fully saturated rings. The van der Waals surface area contributed by atoms with Gasteiger partial charge in [0.1, 0.15) is 6.10 Å². The Kier molecular flexibility index (Phi) is 4.60. The molecule has 0 bridgehead atoms. The summed E-state index contributed by atoms with van der Waals surface area (Å²) in [6.45, 7) is 2.23. The Bertz CT molecular complexity index is 431. The van der Waals surface area contributed by atoms with Gasteiger partial charge < -0.3 is 15.7 Å². The molecule has 0 radical (unpaired) electrons. The summed E-state index contributed by atoms with van der Waals surface area (Å²) in [6, 6.07) is 3.51. The van der Waals surface area contributed by atoms with Gasteiger partial charge in [-0.3, -0.25) is 0 Å². The summed E-state index contributed by atoms with van der Waals surface area (Å²) in [5, 5.41) is 11.5. The SMILES string of the molecule is CCC1CCCC(Oc2ccc(C(N)=NO)cn2)C1. The molecule has 1 aromatic rings. The molecule has 2 atom stereocenters. The fourth-order valence-electron chi connectivity index (χ4n) is 2.55. The monoisotopic (exact) mass is 263 g/mol. The zero-order chi connectivity index (χ0) is 13.7. The molecule has 5 heteroatoms. The van der Waals surface area contributed by atoms with E-state index >= 15 is 0 Å². The molecular formula is C14H21N3O2. The normalized spacial score (nSPS) is 24.2. The Morgan fingerprint density at radius 2 is 2.37 bits per heavy atom. The molecule has 1 aliphatic rings. The molecule has 3 N–H and O–H groups in total. The van der Waals surface area contributed by atoms with E-state index in [1.807, 2.05) is 0 Å². The Morgan fingerprint density at radius 1 is 1.53 bits per heavy atom. The fraction of sp³-hybridized carbons (Fsp3) is 0.571. The molecule has 1 aromatic heterocycles. The standard InChI is InChI=1S/C14H21N3O2/c1-2-10-4-3-5-12(8-10)19-13-7-6-11(9-16-13)14(15)17-18/h6-7,9-10,12,18H,2-5,8H2,1H3,(H2,15,17). The number of hydrogen-bond acceptors (Lipinski definition) is 4. The van der Waals surface area contributed by atoms with Crippen LogP contribution in [0.3, 0.4) is 0 Å². The van der Waals surface area contributed by atoms with Crippen molar-refractivity contribution < 1.29 is 9.94 Å². The number of aromatic nitrogens is 1. The van der Waals surface area contributed by atoms with E-state index in [1.54, 1.807) is 18.3 Å². The molecule has 1 saturated carbocycles. The predicted octanol–water partition coefficient (Wildman–Crippen LogP) is 2.52. The van der Waals surface area contributed by atoms with Crippen molar-refractivity contribution in [3.05, 3.63) is 23.9 Å². The van der Waals surface area contributed by atoms with Crippen molar-refractivity contribution in [1.82, 2.24) is 4.98 Å². The van der Waals surface area contributed by atoms with Gasteiger partial charge >= 0.3 is 0 Å². The number of amidine groups is 1. The van der Waals surface area contributed by atoms with Crippen molar-refractivity contribution in [1.29, 1.82) is 0 Å². The number of rotatable bonds is 4. The zero-order valence-corrected chi connectivity index (χ0v) is 11.2. The molecule has 2 unspecified atom stereocenters. The third-order valence-electron chi connectivity index (χ3n) is 3.74. The molecule has 0 aromatic carbocycles. The van der Waals surface area contributed by atoms with Crippen LogP contribution in [0.4, 0.5) is 0 Å². The van der Waals surface area contributed by atoms with Crippen molar-refractivity contribution >= 4 is 5.84 Å². The molecular weight excluding hydrogens is 242 g/mol. The zero-order valence-electron chi connectivity index (χ0n) is 11.2. The minimum atomic E-state index is 0.0581. The van der Waals surface area contributed by atoms with Gasteiger partial charge in [0.05, 0.1) is 0 Å². The van der Waals surface area contributed by atoms with Crippen LogP contribution >= 0.6 is 0 Å². The molecule has 19 heavy (non-hydrogen) atoms. The van der Waals surface area contributed by atoms with Gasteiger partial charge in [-0.05, 0) is 31.2 Å². The van der Waals surface area contributed by atoms with Crippen LogP contribution in [-0.2, 0) is 0 Å². The quantitative estimate of drug-likeness (QED) is 0.378. The maximum atomic E-state index is 8.58. The van der Waals surface area contributed by atoms with E-state index in [1.165, 1.54) is 19.3 Å². The van der Waals surface area contributed by atoms with Crippen LogP contribution < -0.4 is 10.5 Å². The van der Waals surface area contributed by atoms with Gasteiger partial charge in [-0.2, -0.15) is 0 Å². The van der Waals surface area contributed by atoms with Crippen LogP contribution in [0.15, 0.2) is 23.5 Å². The largest absolute Gasteiger partial charge is 0.474 e. The van der Waals surface area contributed by atoms with Crippen LogP contribution in [0, 0.1) is 5.92 Å². The van der Waals surface area contributed by atoms with Crippen LogP contribution in [0.25, 0.3) is 0 Å². The Balaban J connectivity index is 1.96. The third-order valence-corrected chi connectivity index (χ3v) is 3.74. The first-order chi connectivity index (χ1) is 9.22. The van der Waals surface area contributed by atoms with E-state index in [9.17, 15) is 0 Å². The van der Waals surface area contributed by atoms with Gasteiger partial charge in [0.25, 0.3) is 0 Å². The predicted molar refractivity (Wildman–Crippen MR) is 73.4 cm³/mol. The van der Waals surface area contributed by atoms with Gasteiger partial charge in [0.2, 0.25) is 5.88 Å². The minimum Gasteiger partial charge on any atom is -0.474 e. The van der Waals surface area contributed by atoms with Crippen LogP contribution in [-0.4, -0.2) is 22.1 Å². The van der Waals surface area contributed by atoms with Gasteiger partial charge in [-0.25, -0.2) is 4.98 Å². The van der Waals surface area contributed by atoms with E-state index in [2.05, 4.69) is 17.1 Å². The number of pyridine rings is 1. The first-order valence-corrected chi connectivity index (χ1v) is 6.83. The average molecular weight is 263 g/mol. The highest BCUT2D eigenvalue weighted by Crippen LogP contribution is 2.29. The number of ether oxygens (including phenoxy) is 1. The highest BCUT2D eigenvalue weighted by atomic mass is 16.5. The van der Waals surface area contributed by atoms with E-state index in [4.69, 9.17) is 15.7 Å². The van der Waals surface area contributed by atoms with E-state index < -0.39 is 0 Å². The minimum absolute atomic E-state index is 0.0581. The first-order valence-electron chi connectivity index (χ1n) is 6.83. The summed E-state index contributed by atoms with van der Waals surface area (Å²) < 4.78 is 5.90. The number of nitrogens with two attached hydrogens (primary N) is 1. The lowest BCUT2D eigenvalue weighted by atomic mass is 9.85. The summed E-state index contributed by atoms with van der Waals surface area (Å²) >= 11 is 0. The maximum absolute atomic E-state index is 8.58. The molecule has 104 valence electrons. The second-order valence-electron chi connectivity index (χ2n) is 5.05. The van der Waals surface area contributed by atoms with E-state index in [0.29, 0.717) is 11.4 Å². The smallest absolute Gasteiger partial charge is 0.213 e. The van der Waals surface area contributed by atoms with Gasteiger partial charge in [-0.15, -0.1) is 0 Å². The summed E-state index contributed by atoms with van der Waals surface area (Å²) in [4.78, 5) is 4.20. The number of hydrogen-bond donors (Lipinski definition) is 2. The van der Waals surface area contributed by atoms with Gasteiger partial charge in [0.15, 0.2) is 5.84 Å². The van der Waals surface area contributed by atoms with E-state index in [0.717, 1.165) is 18.8 Å². The molecule has 0 amide bonds. The lowest BCUT2D eigenvalue weighted by Gasteiger charge is -2.28. The summed E-state index contributed by atoms with van der Waals surface area (Å²) in [5.41, 5.74) is 6.07. The lowest BCUT2D eigenvalue weighted by molar-refractivity contribution is 0.117. The number of oxime groups is 1. The topological polar surface area (TPSA) is 80.7 Å². The van der Waals surface area contributed by atoms with Crippen molar-refractivity contribution in [2.45, 2.75) is 45.1 Å². The molecule has 0 spiro atoms. The van der Waals surface area contributed by atoms with Crippen molar-refractivity contribution in [2.75, 3.05) is 0 Å². The van der Waals surface area contributed by atoms with Crippen LogP contribution in [0.2, 0.25) is 0 Å². The highest BCUT2D eigenvalue weighted by Gasteiger charge is 2.22. The molecule has 0 saturated heterocycles. The van der Waals surface area contributed by atoms with Crippen LogP contribution in [0.5, 0.6) is 5.88 Å². The first kappa shape index (κ1) is 13.6. The molecule has 1 aliphatic carbocycles. The number of nitrogens with zero attached hydrogens (tertiary/aromatic N) is 2. The fourth-order valence-corrected chi connectivity index (χ4v) is 2.55. The average Bonchev–Trinajstić information content (AvgIpc) is 2.47. The van der Waals surface area contributed by atoms with Gasteiger partial charge in [-0.1, -0.05) is 24.9 Å². The van der Waals surface area contributed by atoms with E-state index in [-0.39, 0.29) is 11.9 Å². The molecule has 2 rings (SSSR count). The van der Waals surface area contributed by atoms with Crippen molar-refractivity contribution in [2.24, 2.45) is 16.8 Å². The Morgan fingerprint density at radius 3 is 3.00 bits per heavy atom. The molecule has 0 aliphatic heterocycles. The summed E-state index contributed by atoms with van der Waals surface area (Å²) in [5.74, 6) is 1.44. The Hall–Kier alpha value is -1.78. The second-order valence-corrected chi connectivity index (χ2v) is 5.05. The second kappa shape index (κ2) is 6.41. The Labute approximate surface area is 113 Å². The highest BCUT2D eigenvalue weighted by molar-refractivity contribution is 5.96. The summed E-state index contributed by atoms with van der Waals surface area (Å²) in [6.07, 6.45) is 7.79. The summed E-state index contributed by atoms with van der Waals surface area (Å²) in [7, 11) is 0. The van der Waals surface area contributed by atoms with Crippen LogP contribution in [0.1, 0.15) is 44.6 Å². The van der Waals surface area contributed by atoms with Gasteiger partial charge in [0, 0.05) is 17.8 Å². The molecule has 5 nitrogen and oxygen atoms in total. The third kappa shape index (κ3) is 3.59. The molecule has 1 heterocycles.